The van der Waals surface area contributed by atoms with Crippen LogP contribution in [0.1, 0.15) is 18.2 Å². The van der Waals surface area contributed by atoms with Crippen LogP contribution in [-0.2, 0) is 17.8 Å². The largest absolute Gasteiger partial charge is 0.338 e. The molecule has 1 aliphatic rings. The number of hydrogen-bond acceptors (Lipinski definition) is 3. The lowest BCUT2D eigenvalue weighted by Crippen LogP contribution is -2.38. The first-order valence-corrected chi connectivity index (χ1v) is 6.68. The summed E-state index contributed by atoms with van der Waals surface area (Å²) >= 11 is 0. The van der Waals surface area contributed by atoms with Crippen LogP contribution in [0, 0.1) is 5.82 Å². The van der Waals surface area contributed by atoms with Crippen molar-refractivity contribution >= 4 is 5.91 Å². The number of rotatable bonds is 1. The van der Waals surface area contributed by atoms with Gasteiger partial charge in [0, 0.05) is 25.5 Å². The lowest BCUT2D eigenvalue weighted by atomic mass is 10.1. The SMILES string of the molecule is CC(=O)N1CCc2nc(-c3ccc(F)cc3)[nH]c(=O)c2C1. The van der Waals surface area contributed by atoms with Gasteiger partial charge < -0.3 is 9.88 Å². The third-order valence-electron chi connectivity index (χ3n) is 3.63. The van der Waals surface area contributed by atoms with Crippen molar-refractivity contribution in [3.63, 3.8) is 0 Å². The Bertz CT molecular complexity index is 753. The van der Waals surface area contributed by atoms with Gasteiger partial charge in [0.1, 0.15) is 11.6 Å². The Morgan fingerprint density at radius 3 is 2.71 bits per heavy atom. The first-order chi connectivity index (χ1) is 10.0. The highest BCUT2D eigenvalue weighted by Crippen LogP contribution is 2.19. The third kappa shape index (κ3) is 2.56. The van der Waals surface area contributed by atoms with Crippen molar-refractivity contribution < 1.29 is 9.18 Å². The normalized spacial score (nSPS) is 13.9. The van der Waals surface area contributed by atoms with E-state index in [1.54, 1.807) is 17.0 Å². The summed E-state index contributed by atoms with van der Waals surface area (Å²) < 4.78 is 12.9. The van der Waals surface area contributed by atoms with Crippen LogP contribution in [0.3, 0.4) is 0 Å². The number of nitrogens with one attached hydrogen (secondary N) is 1. The van der Waals surface area contributed by atoms with Gasteiger partial charge in [0.05, 0.1) is 17.8 Å². The molecule has 21 heavy (non-hydrogen) atoms. The molecule has 0 saturated heterocycles. The minimum Gasteiger partial charge on any atom is -0.338 e. The van der Waals surface area contributed by atoms with Crippen LogP contribution in [0.2, 0.25) is 0 Å². The summed E-state index contributed by atoms with van der Waals surface area (Å²) in [4.78, 5) is 32.4. The number of aromatic amines is 1. The number of hydrogen-bond donors (Lipinski definition) is 1. The molecule has 0 unspecified atom stereocenters. The highest BCUT2D eigenvalue weighted by molar-refractivity contribution is 5.73. The number of amides is 1. The van der Waals surface area contributed by atoms with E-state index in [1.807, 2.05) is 0 Å². The van der Waals surface area contributed by atoms with Crippen LogP contribution in [0.15, 0.2) is 29.1 Å². The molecule has 1 aliphatic heterocycles. The number of nitrogens with zero attached hydrogens (tertiary/aromatic N) is 2. The Kier molecular flexibility index (Phi) is 3.29. The molecule has 0 aliphatic carbocycles. The van der Waals surface area contributed by atoms with E-state index in [4.69, 9.17) is 0 Å². The molecule has 0 atom stereocenters. The fourth-order valence-electron chi connectivity index (χ4n) is 2.44. The quantitative estimate of drug-likeness (QED) is 0.864. The second-order valence-corrected chi connectivity index (χ2v) is 5.04. The molecule has 5 nitrogen and oxygen atoms in total. The highest BCUT2D eigenvalue weighted by atomic mass is 19.1. The van der Waals surface area contributed by atoms with E-state index in [2.05, 4.69) is 9.97 Å². The zero-order valence-electron chi connectivity index (χ0n) is 11.5. The van der Waals surface area contributed by atoms with Crippen LogP contribution >= 0.6 is 0 Å². The van der Waals surface area contributed by atoms with E-state index in [1.165, 1.54) is 19.1 Å². The standard InChI is InChI=1S/C15H14FN3O2/c1-9(20)19-7-6-13-12(8-19)15(21)18-14(17-13)10-2-4-11(16)5-3-10/h2-5H,6-8H2,1H3,(H,17,18,21). The number of carbonyl (C=O) groups is 1. The average molecular weight is 287 g/mol. The van der Waals surface area contributed by atoms with E-state index in [9.17, 15) is 14.0 Å². The molecule has 2 heterocycles. The summed E-state index contributed by atoms with van der Waals surface area (Å²) in [5, 5.41) is 0. The van der Waals surface area contributed by atoms with E-state index < -0.39 is 0 Å². The summed E-state index contributed by atoms with van der Waals surface area (Å²) in [7, 11) is 0. The summed E-state index contributed by atoms with van der Waals surface area (Å²) in [6.45, 7) is 2.33. The molecule has 0 radical (unpaired) electrons. The number of fused-ring (bicyclic) bond motifs is 1. The Morgan fingerprint density at radius 2 is 2.05 bits per heavy atom. The van der Waals surface area contributed by atoms with Crippen LogP contribution in [0.25, 0.3) is 11.4 Å². The molecule has 0 spiro atoms. The van der Waals surface area contributed by atoms with Gasteiger partial charge in [0.25, 0.3) is 5.56 Å². The van der Waals surface area contributed by atoms with Crippen LogP contribution in [0.4, 0.5) is 4.39 Å². The van der Waals surface area contributed by atoms with Crippen molar-refractivity contribution in [1.82, 2.24) is 14.9 Å². The molecule has 1 amide bonds. The predicted molar refractivity (Wildman–Crippen MR) is 75.0 cm³/mol. The molecule has 0 bridgehead atoms. The lowest BCUT2D eigenvalue weighted by Gasteiger charge is -2.26. The van der Waals surface area contributed by atoms with Crippen molar-refractivity contribution in [2.45, 2.75) is 19.9 Å². The second kappa shape index (κ2) is 5.12. The maximum atomic E-state index is 12.9. The predicted octanol–water partition coefficient (Wildman–Crippen LogP) is 1.48. The zero-order chi connectivity index (χ0) is 15.0. The van der Waals surface area contributed by atoms with Crippen LogP contribution in [-0.4, -0.2) is 27.3 Å². The number of aromatic nitrogens is 2. The molecule has 1 aromatic heterocycles. The fraction of sp³-hybridized carbons (Fsp3) is 0.267. The average Bonchev–Trinajstić information content (AvgIpc) is 2.47. The first-order valence-electron chi connectivity index (χ1n) is 6.68. The molecular weight excluding hydrogens is 273 g/mol. The monoisotopic (exact) mass is 287 g/mol. The van der Waals surface area contributed by atoms with Gasteiger partial charge in [-0.2, -0.15) is 0 Å². The molecule has 0 fully saturated rings. The number of benzene rings is 1. The Balaban J connectivity index is 2.01. The summed E-state index contributed by atoms with van der Waals surface area (Å²) in [6.07, 6.45) is 0.549. The molecule has 2 aromatic rings. The molecule has 0 saturated carbocycles. The highest BCUT2D eigenvalue weighted by Gasteiger charge is 2.22. The Morgan fingerprint density at radius 1 is 1.33 bits per heavy atom. The molecule has 1 N–H and O–H groups in total. The Hall–Kier alpha value is -2.50. The van der Waals surface area contributed by atoms with Crippen LogP contribution in [0.5, 0.6) is 0 Å². The summed E-state index contributed by atoms with van der Waals surface area (Å²) in [6, 6.07) is 5.80. The first kappa shape index (κ1) is 13.5. The van der Waals surface area contributed by atoms with E-state index in [0.717, 1.165) is 0 Å². The van der Waals surface area contributed by atoms with E-state index in [-0.39, 0.29) is 23.8 Å². The molecule has 108 valence electrons. The van der Waals surface area contributed by atoms with Gasteiger partial charge in [0.15, 0.2) is 0 Å². The zero-order valence-corrected chi connectivity index (χ0v) is 11.5. The van der Waals surface area contributed by atoms with Gasteiger partial charge in [-0.3, -0.25) is 9.59 Å². The molecule has 1 aromatic carbocycles. The van der Waals surface area contributed by atoms with Crippen molar-refractivity contribution in [2.24, 2.45) is 0 Å². The van der Waals surface area contributed by atoms with Gasteiger partial charge in [0.2, 0.25) is 5.91 Å². The molecule has 3 rings (SSSR count). The number of H-pyrrole nitrogens is 1. The van der Waals surface area contributed by atoms with Gasteiger partial charge in [-0.05, 0) is 24.3 Å². The fourth-order valence-corrected chi connectivity index (χ4v) is 2.44. The summed E-state index contributed by atoms with van der Waals surface area (Å²) in [5.74, 6) is 0.0360. The minimum absolute atomic E-state index is 0.0531. The van der Waals surface area contributed by atoms with Gasteiger partial charge in [-0.1, -0.05) is 0 Å². The lowest BCUT2D eigenvalue weighted by molar-refractivity contribution is -0.129. The van der Waals surface area contributed by atoms with Gasteiger partial charge in [-0.25, -0.2) is 9.37 Å². The molecular formula is C15H14FN3O2. The molecule has 6 heteroatoms. The number of halogens is 1. The van der Waals surface area contributed by atoms with Gasteiger partial charge >= 0.3 is 0 Å². The minimum atomic E-state index is -0.337. The van der Waals surface area contributed by atoms with Gasteiger partial charge in [-0.15, -0.1) is 0 Å². The second-order valence-electron chi connectivity index (χ2n) is 5.04. The topological polar surface area (TPSA) is 66.1 Å². The van der Waals surface area contributed by atoms with E-state index >= 15 is 0 Å². The van der Waals surface area contributed by atoms with Crippen molar-refractivity contribution in [3.8, 4) is 11.4 Å². The maximum absolute atomic E-state index is 12.9. The van der Waals surface area contributed by atoms with Crippen molar-refractivity contribution in [1.29, 1.82) is 0 Å². The Labute approximate surface area is 120 Å². The number of carbonyl (C=O) groups excluding carboxylic acids is 1. The smallest absolute Gasteiger partial charge is 0.256 e. The van der Waals surface area contributed by atoms with E-state index in [0.29, 0.717) is 35.6 Å². The maximum Gasteiger partial charge on any atom is 0.256 e. The van der Waals surface area contributed by atoms with Crippen LogP contribution < -0.4 is 5.56 Å². The third-order valence-corrected chi connectivity index (χ3v) is 3.63. The summed E-state index contributed by atoms with van der Waals surface area (Å²) in [5.41, 5.74) is 1.65. The van der Waals surface area contributed by atoms with Crippen molar-refractivity contribution in [3.05, 3.63) is 51.7 Å². The van der Waals surface area contributed by atoms with Crippen molar-refractivity contribution in [2.75, 3.05) is 6.54 Å².